The van der Waals surface area contributed by atoms with Gasteiger partial charge in [0.25, 0.3) is 0 Å². The molecule has 0 bridgehead atoms. The summed E-state index contributed by atoms with van der Waals surface area (Å²) >= 11 is 0. The van der Waals surface area contributed by atoms with Gasteiger partial charge in [-0.15, -0.1) is 0 Å². The van der Waals surface area contributed by atoms with Crippen molar-refractivity contribution in [2.75, 3.05) is 19.7 Å². The third kappa shape index (κ3) is 2.90. The molecule has 0 radical (unpaired) electrons. The number of rotatable bonds is 4. The largest absolute Gasteiger partial charge is 0.375 e. The van der Waals surface area contributed by atoms with E-state index in [-0.39, 0.29) is 5.60 Å². The summed E-state index contributed by atoms with van der Waals surface area (Å²) in [6.07, 6.45) is 10.3. The minimum Gasteiger partial charge on any atom is -0.375 e. The molecule has 3 heterocycles. The van der Waals surface area contributed by atoms with Crippen molar-refractivity contribution in [3.05, 3.63) is 0 Å². The van der Waals surface area contributed by atoms with E-state index in [0.717, 1.165) is 31.5 Å². The molecule has 116 valence electrons. The Labute approximate surface area is 124 Å². The lowest BCUT2D eigenvalue weighted by Gasteiger charge is -2.42. The third-order valence-corrected chi connectivity index (χ3v) is 6.09. The number of nitrogens with zero attached hydrogens (tertiary/aromatic N) is 1. The zero-order valence-corrected chi connectivity index (χ0v) is 13.4. The smallest absolute Gasteiger partial charge is 0.0692 e. The lowest BCUT2D eigenvalue weighted by molar-refractivity contribution is -0.0944. The first-order valence-corrected chi connectivity index (χ1v) is 8.90. The highest BCUT2D eigenvalue weighted by molar-refractivity contribution is 4.97. The SMILES string of the molecule is CCC1(CC)CC(NC2CCN3CCCCC23)CCO1. The van der Waals surface area contributed by atoms with Crippen molar-refractivity contribution in [1.82, 2.24) is 10.2 Å². The Hall–Kier alpha value is -0.120. The van der Waals surface area contributed by atoms with Crippen LogP contribution in [0, 0.1) is 0 Å². The van der Waals surface area contributed by atoms with E-state index in [4.69, 9.17) is 4.74 Å². The maximum Gasteiger partial charge on any atom is 0.0692 e. The van der Waals surface area contributed by atoms with Gasteiger partial charge in [0.1, 0.15) is 0 Å². The van der Waals surface area contributed by atoms with Gasteiger partial charge in [-0.3, -0.25) is 4.90 Å². The lowest BCUT2D eigenvalue weighted by atomic mass is 9.85. The summed E-state index contributed by atoms with van der Waals surface area (Å²) in [5.41, 5.74) is 0.154. The molecule has 3 atom stereocenters. The van der Waals surface area contributed by atoms with Gasteiger partial charge in [-0.2, -0.15) is 0 Å². The second kappa shape index (κ2) is 6.33. The average molecular weight is 280 g/mol. The summed E-state index contributed by atoms with van der Waals surface area (Å²) in [6.45, 7) is 8.16. The van der Waals surface area contributed by atoms with E-state index in [0.29, 0.717) is 6.04 Å². The Balaban J connectivity index is 1.57. The standard InChI is InChI=1S/C17H32N2O/c1-3-17(4-2)13-14(9-12-20-17)18-15-8-11-19-10-6-5-7-16(15)19/h14-16,18H,3-13H2,1-2H3. The Morgan fingerprint density at radius 3 is 2.75 bits per heavy atom. The third-order valence-electron chi connectivity index (χ3n) is 6.09. The van der Waals surface area contributed by atoms with Gasteiger partial charge in [0.2, 0.25) is 0 Å². The van der Waals surface area contributed by atoms with Crippen molar-refractivity contribution < 1.29 is 4.74 Å². The molecule has 0 amide bonds. The highest BCUT2D eigenvalue weighted by atomic mass is 16.5. The van der Waals surface area contributed by atoms with E-state index in [1.807, 2.05) is 0 Å². The van der Waals surface area contributed by atoms with E-state index in [1.165, 1.54) is 51.6 Å². The van der Waals surface area contributed by atoms with Crippen LogP contribution in [0.15, 0.2) is 0 Å². The molecule has 3 saturated heterocycles. The number of piperidine rings is 1. The van der Waals surface area contributed by atoms with E-state index in [1.54, 1.807) is 0 Å². The Morgan fingerprint density at radius 1 is 1.10 bits per heavy atom. The topological polar surface area (TPSA) is 24.5 Å². The van der Waals surface area contributed by atoms with Crippen molar-refractivity contribution in [3.8, 4) is 0 Å². The highest BCUT2D eigenvalue weighted by Gasteiger charge is 2.39. The summed E-state index contributed by atoms with van der Waals surface area (Å²) < 4.78 is 6.11. The zero-order chi connectivity index (χ0) is 14.0. The van der Waals surface area contributed by atoms with Crippen LogP contribution in [0.25, 0.3) is 0 Å². The summed E-state index contributed by atoms with van der Waals surface area (Å²) in [7, 11) is 0. The minimum absolute atomic E-state index is 0.154. The predicted octanol–water partition coefficient (Wildman–Crippen LogP) is 2.94. The summed E-state index contributed by atoms with van der Waals surface area (Å²) in [5.74, 6) is 0. The predicted molar refractivity (Wildman–Crippen MR) is 83.0 cm³/mol. The van der Waals surface area contributed by atoms with Crippen LogP contribution in [0.4, 0.5) is 0 Å². The Bertz CT molecular complexity index is 316. The molecule has 20 heavy (non-hydrogen) atoms. The van der Waals surface area contributed by atoms with E-state index >= 15 is 0 Å². The van der Waals surface area contributed by atoms with Gasteiger partial charge in [-0.1, -0.05) is 20.3 Å². The fourth-order valence-corrected chi connectivity index (χ4v) is 4.66. The quantitative estimate of drug-likeness (QED) is 0.857. The van der Waals surface area contributed by atoms with Crippen molar-refractivity contribution in [3.63, 3.8) is 0 Å². The van der Waals surface area contributed by atoms with Crippen LogP contribution < -0.4 is 5.32 Å². The summed E-state index contributed by atoms with van der Waals surface area (Å²) in [6, 6.07) is 2.24. The Morgan fingerprint density at radius 2 is 1.95 bits per heavy atom. The van der Waals surface area contributed by atoms with Crippen LogP contribution in [0.2, 0.25) is 0 Å². The summed E-state index contributed by atoms with van der Waals surface area (Å²) in [4.78, 5) is 2.73. The zero-order valence-electron chi connectivity index (χ0n) is 13.4. The average Bonchev–Trinajstić information content (AvgIpc) is 2.91. The molecule has 3 nitrogen and oxygen atoms in total. The first-order valence-electron chi connectivity index (χ1n) is 8.90. The molecule has 3 unspecified atom stereocenters. The molecule has 0 aromatic heterocycles. The fraction of sp³-hybridized carbons (Fsp3) is 1.00. The van der Waals surface area contributed by atoms with Crippen molar-refractivity contribution in [2.45, 2.75) is 88.9 Å². The van der Waals surface area contributed by atoms with Gasteiger partial charge in [-0.05, 0) is 51.5 Å². The second-order valence-electron chi connectivity index (χ2n) is 7.09. The van der Waals surface area contributed by atoms with Crippen LogP contribution in [-0.2, 0) is 4.74 Å². The number of nitrogens with one attached hydrogen (secondary N) is 1. The van der Waals surface area contributed by atoms with E-state index < -0.39 is 0 Å². The van der Waals surface area contributed by atoms with Crippen LogP contribution in [0.5, 0.6) is 0 Å². The number of fused-ring (bicyclic) bond motifs is 1. The fourth-order valence-electron chi connectivity index (χ4n) is 4.66. The van der Waals surface area contributed by atoms with Crippen molar-refractivity contribution in [2.24, 2.45) is 0 Å². The molecule has 0 aliphatic carbocycles. The van der Waals surface area contributed by atoms with Gasteiger partial charge in [0.05, 0.1) is 5.60 Å². The normalized spacial score (nSPS) is 37.8. The summed E-state index contributed by atoms with van der Waals surface area (Å²) in [5, 5.41) is 4.02. The van der Waals surface area contributed by atoms with Crippen molar-refractivity contribution >= 4 is 0 Å². The van der Waals surface area contributed by atoms with E-state index in [9.17, 15) is 0 Å². The van der Waals surface area contributed by atoms with E-state index in [2.05, 4.69) is 24.1 Å². The molecule has 0 spiro atoms. The minimum atomic E-state index is 0.154. The number of hydrogen-bond acceptors (Lipinski definition) is 3. The lowest BCUT2D eigenvalue weighted by Crippen LogP contribution is -2.53. The van der Waals surface area contributed by atoms with Gasteiger partial charge >= 0.3 is 0 Å². The Kier molecular flexibility index (Phi) is 4.68. The molecular weight excluding hydrogens is 248 g/mol. The van der Waals surface area contributed by atoms with Gasteiger partial charge < -0.3 is 10.1 Å². The molecule has 1 N–H and O–H groups in total. The number of ether oxygens (including phenoxy) is 1. The molecule has 3 rings (SSSR count). The van der Waals surface area contributed by atoms with Crippen LogP contribution >= 0.6 is 0 Å². The number of hydrogen-bond donors (Lipinski definition) is 1. The van der Waals surface area contributed by atoms with Crippen LogP contribution in [0.3, 0.4) is 0 Å². The maximum absolute atomic E-state index is 6.11. The highest BCUT2D eigenvalue weighted by Crippen LogP contribution is 2.33. The first-order chi connectivity index (χ1) is 9.76. The molecule has 3 heteroatoms. The molecule has 3 fully saturated rings. The van der Waals surface area contributed by atoms with Gasteiger partial charge in [-0.25, -0.2) is 0 Å². The molecular formula is C17H32N2O. The molecule has 0 saturated carbocycles. The first kappa shape index (κ1) is 14.8. The molecule has 3 aliphatic rings. The second-order valence-corrected chi connectivity index (χ2v) is 7.09. The van der Waals surface area contributed by atoms with Crippen LogP contribution in [-0.4, -0.2) is 48.3 Å². The maximum atomic E-state index is 6.11. The van der Waals surface area contributed by atoms with Crippen LogP contribution in [0.1, 0.15) is 65.2 Å². The van der Waals surface area contributed by atoms with Gasteiger partial charge in [0, 0.05) is 31.3 Å². The molecule has 0 aromatic rings. The molecule has 0 aromatic carbocycles. The van der Waals surface area contributed by atoms with Crippen molar-refractivity contribution in [1.29, 1.82) is 0 Å². The van der Waals surface area contributed by atoms with Gasteiger partial charge in [0.15, 0.2) is 0 Å². The molecule has 3 aliphatic heterocycles. The monoisotopic (exact) mass is 280 g/mol.